The number of rotatable bonds is 2. The number of anilines is 1. The monoisotopic (exact) mass is 264 g/mol. The summed E-state index contributed by atoms with van der Waals surface area (Å²) in [5.41, 5.74) is 2.26. The summed E-state index contributed by atoms with van der Waals surface area (Å²) in [7, 11) is 1.83. The molecular formula is C12H13ClN4O. The maximum Gasteiger partial charge on any atom is 0.274 e. The topological polar surface area (TPSA) is 59.8 Å². The normalized spacial score (nSPS) is 10.4. The summed E-state index contributed by atoms with van der Waals surface area (Å²) in [6.07, 6.45) is 0. The van der Waals surface area contributed by atoms with Crippen molar-refractivity contribution in [2.45, 2.75) is 13.8 Å². The summed E-state index contributed by atoms with van der Waals surface area (Å²) in [6, 6.07) is 5.25. The first kappa shape index (κ1) is 12.6. The summed E-state index contributed by atoms with van der Waals surface area (Å²) in [5.74, 6) is -0.0453. The van der Waals surface area contributed by atoms with E-state index in [1.807, 2.05) is 20.0 Å². The molecule has 0 bridgehead atoms. The molecule has 0 saturated carbocycles. The molecule has 0 aliphatic carbocycles. The van der Waals surface area contributed by atoms with Crippen LogP contribution in [0.2, 0.25) is 5.15 Å². The summed E-state index contributed by atoms with van der Waals surface area (Å²) in [6.45, 7) is 3.71. The largest absolute Gasteiger partial charge is 0.344 e. The molecule has 0 saturated heterocycles. The summed E-state index contributed by atoms with van der Waals surface area (Å²) in [4.78, 5) is 20.1. The van der Waals surface area contributed by atoms with Gasteiger partial charge in [-0.05, 0) is 32.0 Å². The third kappa shape index (κ3) is 2.51. The van der Waals surface area contributed by atoms with Gasteiger partial charge in [-0.15, -0.1) is 0 Å². The number of halogens is 1. The van der Waals surface area contributed by atoms with Gasteiger partial charge in [-0.1, -0.05) is 11.6 Å². The maximum absolute atomic E-state index is 12.0. The van der Waals surface area contributed by atoms with Gasteiger partial charge in [0.1, 0.15) is 10.8 Å². The number of hydrogen-bond donors (Lipinski definition) is 1. The van der Waals surface area contributed by atoms with Crippen LogP contribution in [0.1, 0.15) is 21.9 Å². The fourth-order valence-electron chi connectivity index (χ4n) is 1.59. The molecule has 0 radical (unpaired) electrons. The summed E-state index contributed by atoms with van der Waals surface area (Å²) >= 11 is 5.81. The zero-order valence-electron chi connectivity index (χ0n) is 10.4. The van der Waals surface area contributed by atoms with E-state index in [1.54, 1.807) is 23.6 Å². The average molecular weight is 265 g/mol. The first-order valence-corrected chi connectivity index (χ1v) is 5.80. The van der Waals surface area contributed by atoms with Gasteiger partial charge in [0, 0.05) is 18.4 Å². The number of carbonyl (C=O) groups is 1. The quantitative estimate of drug-likeness (QED) is 0.847. The van der Waals surface area contributed by atoms with Crippen molar-refractivity contribution in [3.8, 4) is 0 Å². The van der Waals surface area contributed by atoms with E-state index < -0.39 is 0 Å². The molecule has 5 nitrogen and oxygen atoms in total. The predicted molar refractivity (Wildman–Crippen MR) is 69.9 cm³/mol. The van der Waals surface area contributed by atoms with Crippen LogP contribution in [0.15, 0.2) is 18.2 Å². The Morgan fingerprint density at radius 2 is 2.06 bits per heavy atom. The van der Waals surface area contributed by atoms with Crippen LogP contribution in [0.3, 0.4) is 0 Å². The van der Waals surface area contributed by atoms with E-state index in [-0.39, 0.29) is 11.9 Å². The first-order chi connectivity index (χ1) is 8.47. The number of nitrogens with one attached hydrogen (secondary N) is 1. The van der Waals surface area contributed by atoms with Gasteiger partial charge in [0.25, 0.3) is 5.91 Å². The molecule has 0 aliphatic heterocycles. The van der Waals surface area contributed by atoms with Crippen molar-refractivity contribution in [3.63, 3.8) is 0 Å². The van der Waals surface area contributed by atoms with Gasteiger partial charge in [0.2, 0.25) is 5.95 Å². The Hall–Kier alpha value is -1.88. The third-order valence-corrected chi connectivity index (χ3v) is 2.85. The van der Waals surface area contributed by atoms with Crippen molar-refractivity contribution in [1.29, 1.82) is 0 Å². The van der Waals surface area contributed by atoms with E-state index in [0.717, 1.165) is 5.69 Å². The van der Waals surface area contributed by atoms with Crippen molar-refractivity contribution in [1.82, 2.24) is 14.5 Å². The number of carbonyl (C=O) groups excluding carboxylic acids is 1. The zero-order valence-corrected chi connectivity index (χ0v) is 11.1. The smallest absolute Gasteiger partial charge is 0.274 e. The van der Waals surface area contributed by atoms with Crippen LogP contribution >= 0.6 is 11.6 Å². The highest BCUT2D eigenvalue weighted by atomic mass is 35.5. The predicted octanol–water partition coefficient (Wildman–Crippen LogP) is 2.34. The number of nitrogens with zero attached hydrogens (tertiary/aromatic N) is 3. The van der Waals surface area contributed by atoms with Crippen LogP contribution < -0.4 is 5.32 Å². The van der Waals surface area contributed by atoms with Crippen molar-refractivity contribution in [2.24, 2.45) is 7.05 Å². The lowest BCUT2D eigenvalue weighted by atomic mass is 10.4. The fraction of sp³-hybridized carbons (Fsp3) is 0.250. The molecule has 0 unspecified atom stereocenters. The average Bonchev–Trinajstić information content (AvgIpc) is 2.58. The zero-order chi connectivity index (χ0) is 13.3. The molecule has 0 fully saturated rings. The second-order valence-corrected chi connectivity index (χ2v) is 4.42. The van der Waals surface area contributed by atoms with Crippen LogP contribution in [0.4, 0.5) is 5.95 Å². The van der Waals surface area contributed by atoms with Crippen molar-refractivity contribution < 1.29 is 4.79 Å². The lowest BCUT2D eigenvalue weighted by Crippen LogP contribution is -2.17. The molecule has 2 heterocycles. The molecule has 18 heavy (non-hydrogen) atoms. The van der Waals surface area contributed by atoms with Crippen LogP contribution in [-0.2, 0) is 7.05 Å². The Balaban J connectivity index is 2.24. The molecular weight excluding hydrogens is 252 g/mol. The maximum atomic E-state index is 12.0. The van der Waals surface area contributed by atoms with E-state index in [1.165, 1.54) is 0 Å². The van der Waals surface area contributed by atoms with E-state index in [2.05, 4.69) is 15.3 Å². The van der Waals surface area contributed by atoms with Crippen LogP contribution in [0.5, 0.6) is 0 Å². The molecule has 2 rings (SSSR count). The Morgan fingerprint density at radius 3 is 2.61 bits per heavy atom. The molecule has 94 valence electrons. The Morgan fingerprint density at radius 1 is 1.33 bits per heavy atom. The molecule has 1 N–H and O–H groups in total. The fourth-order valence-corrected chi connectivity index (χ4v) is 1.83. The van der Waals surface area contributed by atoms with Crippen LogP contribution in [-0.4, -0.2) is 20.4 Å². The molecule has 0 aromatic carbocycles. The van der Waals surface area contributed by atoms with Gasteiger partial charge in [-0.3, -0.25) is 10.1 Å². The molecule has 0 atom stereocenters. The Labute approximate surface area is 110 Å². The number of amides is 1. The lowest BCUT2D eigenvalue weighted by molar-refractivity contribution is 0.101. The SMILES string of the molecule is Cc1cc(Cl)nc(NC(=O)c2ccc(C)n2C)n1. The van der Waals surface area contributed by atoms with Gasteiger partial charge in [-0.2, -0.15) is 0 Å². The van der Waals surface area contributed by atoms with E-state index in [9.17, 15) is 4.79 Å². The van der Waals surface area contributed by atoms with Gasteiger partial charge in [-0.25, -0.2) is 9.97 Å². The van der Waals surface area contributed by atoms with Crippen LogP contribution in [0, 0.1) is 13.8 Å². The minimum Gasteiger partial charge on any atom is -0.344 e. The highest BCUT2D eigenvalue weighted by molar-refractivity contribution is 6.29. The first-order valence-electron chi connectivity index (χ1n) is 5.42. The number of aromatic nitrogens is 3. The lowest BCUT2D eigenvalue weighted by Gasteiger charge is -2.06. The van der Waals surface area contributed by atoms with Gasteiger partial charge in [0.15, 0.2) is 0 Å². The number of aryl methyl sites for hydroxylation is 2. The molecule has 2 aromatic heterocycles. The third-order valence-electron chi connectivity index (χ3n) is 2.65. The van der Waals surface area contributed by atoms with E-state index in [0.29, 0.717) is 16.5 Å². The summed E-state index contributed by atoms with van der Waals surface area (Å²) in [5, 5.41) is 2.93. The van der Waals surface area contributed by atoms with Crippen molar-refractivity contribution >= 4 is 23.5 Å². The van der Waals surface area contributed by atoms with Crippen LogP contribution in [0.25, 0.3) is 0 Å². The summed E-state index contributed by atoms with van der Waals surface area (Å²) < 4.78 is 1.80. The second kappa shape index (κ2) is 4.78. The minimum absolute atomic E-state index is 0.212. The Bertz CT molecular complexity index is 586. The molecule has 0 aliphatic rings. The van der Waals surface area contributed by atoms with E-state index >= 15 is 0 Å². The standard InChI is InChI=1S/C12H13ClN4O/c1-7-6-10(13)15-12(14-7)16-11(18)9-5-4-8(2)17(9)3/h4-6H,1-3H3,(H,14,15,16,18). The van der Waals surface area contributed by atoms with Gasteiger partial charge in [0.05, 0.1) is 0 Å². The molecule has 0 spiro atoms. The highest BCUT2D eigenvalue weighted by Gasteiger charge is 2.12. The number of hydrogen-bond acceptors (Lipinski definition) is 3. The van der Waals surface area contributed by atoms with Crippen molar-refractivity contribution in [3.05, 3.63) is 40.4 Å². The van der Waals surface area contributed by atoms with E-state index in [4.69, 9.17) is 11.6 Å². The Kier molecular flexibility index (Phi) is 3.34. The highest BCUT2D eigenvalue weighted by Crippen LogP contribution is 2.12. The minimum atomic E-state index is -0.257. The molecule has 6 heteroatoms. The second-order valence-electron chi connectivity index (χ2n) is 4.03. The van der Waals surface area contributed by atoms with Crippen molar-refractivity contribution in [2.75, 3.05) is 5.32 Å². The van der Waals surface area contributed by atoms with Gasteiger partial charge >= 0.3 is 0 Å². The molecule has 1 amide bonds. The molecule has 2 aromatic rings. The van der Waals surface area contributed by atoms with Gasteiger partial charge < -0.3 is 4.57 Å².